The van der Waals surface area contributed by atoms with Gasteiger partial charge in [-0.1, -0.05) is 61.2 Å². The fraction of sp³-hybridized carbons (Fsp3) is 0.448. The van der Waals surface area contributed by atoms with Crippen LogP contribution in [0.3, 0.4) is 0 Å². The molecule has 3 heterocycles. The van der Waals surface area contributed by atoms with Crippen LogP contribution in [0.2, 0.25) is 0 Å². The number of hydrogen-bond donors (Lipinski definition) is 1. The van der Waals surface area contributed by atoms with E-state index in [1.807, 2.05) is 4.90 Å². The maximum Gasteiger partial charge on any atom is 0.296 e. The number of aryl methyl sites for hydroxylation is 1. The lowest BCUT2D eigenvalue weighted by Crippen LogP contribution is -2.43. The van der Waals surface area contributed by atoms with E-state index in [0.29, 0.717) is 49.2 Å². The number of nitrogens with zero attached hydrogens (tertiary/aromatic N) is 6. The highest BCUT2D eigenvalue weighted by atomic mass is 19.3. The number of alkyl halides is 2. The third-order valence-corrected chi connectivity index (χ3v) is 7.74. The van der Waals surface area contributed by atoms with E-state index in [0.717, 1.165) is 32.1 Å². The largest absolute Gasteiger partial charge is 0.378 e. The van der Waals surface area contributed by atoms with Crippen LogP contribution in [0, 0.1) is 6.92 Å². The second-order valence-electron chi connectivity index (χ2n) is 10.6. The first-order chi connectivity index (χ1) is 19.0. The second kappa shape index (κ2) is 10.8. The molecule has 4 aromatic rings. The minimum atomic E-state index is -2.79. The van der Waals surface area contributed by atoms with E-state index >= 15 is 0 Å². The molecule has 6 rings (SSSR count). The van der Waals surface area contributed by atoms with E-state index in [2.05, 4.69) is 41.5 Å². The number of halogens is 2. The molecule has 8 nitrogen and oxygen atoms in total. The Morgan fingerprint density at radius 3 is 2.36 bits per heavy atom. The predicted molar refractivity (Wildman–Crippen MR) is 147 cm³/mol. The van der Waals surface area contributed by atoms with Gasteiger partial charge < -0.3 is 15.0 Å². The summed E-state index contributed by atoms with van der Waals surface area (Å²) in [6, 6.07) is 15.7. The summed E-state index contributed by atoms with van der Waals surface area (Å²) in [5.41, 5.74) is 3.24. The van der Waals surface area contributed by atoms with E-state index in [1.54, 1.807) is 24.3 Å². The number of ether oxygens (including phenoxy) is 1. The van der Waals surface area contributed by atoms with Gasteiger partial charge in [0.25, 0.3) is 6.43 Å². The highest BCUT2D eigenvalue weighted by Crippen LogP contribution is 2.35. The summed E-state index contributed by atoms with van der Waals surface area (Å²) < 4.78 is 35.3. The van der Waals surface area contributed by atoms with Gasteiger partial charge in [0.1, 0.15) is 0 Å². The molecule has 39 heavy (non-hydrogen) atoms. The lowest BCUT2D eigenvalue weighted by atomic mass is 9.77. The molecule has 10 heteroatoms. The minimum absolute atomic E-state index is 0.138. The maximum atomic E-state index is 14.2. The zero-order valence-corrected chi connectivity index (χ0v) is 22.1. The molecule has 1 N–H and O–H groups in total. The molecule has 2 aromatic heterocycles. The van der Waals surface area contributed by atoms with Crippen LogP contribution < -0.4 is 10.2 Å². The average Bonchev–Trinajstić information content (AvgIpc) is 3.35. The van der Waals surface area contributed by atoms with Gasteiger partial charge >= 0.3 is 0 Å². The van der Waals surface area contributed by atoms with E-state index in [4.69, 9.17) is 19.7 Å². The van der Waals surface area contributed by atoms with E-state index in [1.165, 1.54) is 22.1 Å². The summed E-state index contributed by atoms with van der Waals surface area (Å²) in [6.07, 6.45) is 3.40. The molecular formula is C29H33F2N7O. The Balaban J connectivity index is 1.45. The normalized spacial score (nSPS) is 17.6. The summed E-state index contributed by atoms with van der Waals surface area (Å²) in [7, 11) is 0. The van der Waals surface area contributed by atoms with Gasteiger partial charge in [0.15, 0.2) is 5.82 Å². The number of anilines is 2. The van der Waals surface area contributed by atoms with E-state index < -0.39 is 6.43 Å². The Hall–Kier alpha value is -3.66. The van der Waals surface area contributed by atoms with Crippen LogP contribution in [-0.2, 0) is 11.2 Å². The fourth-order valence-electron chi connectivity index (χ4n) is 5.72. The molecule has 0 spiro atoms. The molecule has 1 saturated heterocycles. The number of rotatable bonds is 7. The summed E-state index contributed by atoms with van der Waals surface area (Å²) >= 11 is 0. The molecule has 0 unspecified atom stereocenters. The van der Waals surface area contributed by atoms with Gasteiger partial charge in [0.05, 0.1) is 24.2 Å². The molecule has 1 aliphatic carbocycles. The third-order valence-electron chi connectivity index (χ3n) is 7.74. The Morgan fingerprint density at radius 1 is 0.897 bits per heavy atom. The van der Waals surface area contributed by atoms with Crippen molar-refractivity contribution in [3.05, 3.63) is 65.5 Å². The number of imidazole rings is 1. The SMILES string of the molecule is Cc1ccc(CC2(Nc3nc(N4CCOCC4)nc(-n4c(C(F)F)nc5ccccc54)n3)CCCCC2)cc1. The lowest BCUT2D eigenvalue weighted by molar-refractivity contribution is 0.122. The number of benzene rings is 2. The van der Waals surface area contributed by atoms with Gasteiger partial charge in [-0.05, 0) is 43.9 Å². The molecule has 2 fully saturated rings. The highest BCUT2D eigenvalue weighted by molar-refractivity contribution is 5.77. The molecule has 0 amide bonds. The van der Waals surface area contributed by atoms with Gasteiger partial charge in [-0.2, -0.15) is 15.0 Å². The van der Waals surface area contributed by atoms with Crippen molar-refractivity contribution in [2.45, 2.75) is 57.4 Å². The zero-order valence-electron chi connectivity index (χ0n) is 22.1. The Morgan fingerprint density at radius 2 is 1.62 bits per heavy atom. The quantitative estimate of drug-likeness (QED) is 0.329. The maximum absolute atomic E-state index is 14.2. The van der Waals surface area contributed by atoms with Crippen molar-refractivity contribution in [3.63, 3.8) is 0 Å². The molecule has 0 bridgehead atoms. The van der Waals surface area contributed by atoms with Crippen LogP contribution in [0.15, 0.2) is 48.5 Å². The third kappa shape index (κ3) is 5.43. The monoisotopic (exact) mass is 533 g/mol. The highest BCUT2D eigenvalue weighted by Gasteiger charge is 2.34. The molecule has 1 saturated carbocycles. The zero-order chi connectivity index (χ0) is 26.8. The summed E-state index contributed by atoms with van der Waals surface area (Å²) in [5, 5.41) is 3.69. The number of nitrogens with one attached hydrogen (secondary N) is 1. The summed E-state index contributed by atoms with van der Waals surface area (Å²) in [6.45, 7) is 4.42. The van der Waals surface area contributed by atoms with Crippen molar-refractivity contribution in [1.82, 2.24) is 24.5 Å². The lowest BCUT2D eigenvalue weighted by Gasteiger charge is -2.39. The van der Waals surface area contributed by atoms with E-state index in [-0.39, 0.29) is 17.3 Å². The minimum Gasteiger partial charge on any atom is -0.378 e. The van der Waals surface area contributed by atoms with Crippen LogP contribution in [0.25, 0.3) is 17.0 Å². The first kappa shape index (κ1) is 25.6. The Labute approximate surface area is 226 Å². The van der Waals surface area contributed by atoms with Gasteiger partial charge in [-0.25, -0.2) is 13.8 Å². The Kier molecular flexibility index (Phi) is 7.12. The van der Waals surface area contributed by atoms with E-state index in [9.17, 15) is 8.78 Å². The number of hydrogen-bond acceptors (Lipinski definition) is 7. The van der Waals surface area contributed by atoms with Gasteiger partial charge in [0, 0.05) is 18.6 Å². The average molecular weight is 534 g/mol. The van der Waals surface area contributed by atoms with Crippen molar-refractivity contribution in [3.8, 4) is 5.95 Å². The topological polar surface area (TPSA) is 81.0 Å². The summed E-state index contributed by atoms with van der Waals surface area (Å²) in [4.78, 5) is 20.5. The fourth-order valence-corrected chi connectivity index (χ4v) is 5.72. The molecule has 1 aliphatic heterocycles. The molecule has 0 atom stereocenters. The molecule has 0 radical (unpaired) electrons. The number of morpholine rings is 1. The number of para-hydroxylation sites is 2. The molecule has 2 aromatic carbocycles. The van der Waals surface area contributed by atoms with Crippen LogP contribution in [0.1, 0.15) is 55.5 Å². The van der Waals surface area contributed by atoms with Gasteiger partial charge in [0.2, 0.25) is 17.8 Å². The second-order valence-corrected chi connectivity index (χ2v) is 10.6. The Bertz CT molecular complexity index is 1430. The van der Waals surface area contributed by atoms with Crippen molar-refractivity contribution < 1.29 is 13.5 Å². The van der Waals surface area contributed by atoms with Crippen molar-refractivity contribution in [2.24, 2.45) is 0 Å². The van der Waals surface area contributed by atoms with Crippen molar-refractivity contribution in [2.75, 3.05) is 36.5 Å². The van der Waals surface area contributed by atoms with Crippen molar-refractivity contribution >= 4 is 22.9 Å². The first-order valence-electron chi connectivity index (χ1n) is 13.7. The van der Waals surface area contributed by atoms with Gasteiger partial charge in [-0.15, -0.1) is 0 Å². The number of fused-ring (bicyclic) bond motifs is 1. The first-order valence-corrected chi connectivity index (χ1v) is 13.7. The van der Waals surface area contributed by atoms with Crippen molar-refractivity contribution in [1.29, 1.82) is 0 Å². The molecule has 204 valence electrons. The van der Waals surface area contributed by atoms with Crippen LogP contribution in [-0.4, -0.2) is 56.3 Å². The van der Waals surface area contributed by atoms with Gasteiger partial charge in [-0.3, -0.25) is 4.57 Å². The number of aromatic nitrogens is 5. The molecular weight excluding hydrogens is 500 g/mol. The standard InChI is InChI=1S/C29H33F2N7O/c1-20-9-11-21(12-10-20)19-29(13-5-2-6-14-29)36-26-33-27(37-15-17-39-18-16-37)35-28(34-26)38-23-8-4-3-7-22(23)32-25(38)24(30)31/h3-4,7-12,24H,2,5-6,13-19H2,1H3,(H,33,34,35,36). The predicted octanol–water partition coefficient (Wildman–Crippen LogP) is 5.65. The van der Waals surface area contributed by atoms with Crippen LogP contribution >= 0.6 is 0 Å². The smallest absolute Gasteiger partial charge is 0.296 e. The van der Waals surface area contributed by atoms with Crippen LogP contribution in [0.4, 0.5) is 20.7 Å². The molecule has 2 aliphatic rings. The summed E-state index contributed by atoms with van der Waals surface area (Å²) in [5.74, 6) is 0.603. The van der Waals surface area contributed by atoms with Crippen LogP contribution in [0.5, 0.6) is 0 Å².